The molecule has 0 atom stereocenters. The van der Waals surface area contributed by atoms with Gasteiger partial charge in [-0.3, -0.25) is 10.6 Å². The predicted octanol–water partition coefficient (Wildman–Crippen LogP) is 4.21. The average molecular weight is 301 g/mol. The smallest absolute Gasteiger partial charge is 0.0810 e. The van der Waals surface area contributed by atoms with Crippen LogP contribution in [-0.4, -0.2) is 31.0 Å². The van der Waals surface area contributed by atoms with Gasteiger partial charge < -0.3 is 5.11 Å². The van der Waals surface area contributed by atoms with Crippen LogP contribution >= 0.6 is 0 Å². The molecule has 0 fully saturated rings. The molecular weight excluding hydrogens is 260 g/mol. The van der Waals surface area contributed by atoms with E-state index in [4.69, 9.17) is 0 Å². The maximum Gasteiger partial charge on any atom is 0.0810 e. The molecule has 0 aromatic rings. The summed E-state index contributed by atoms with van der Waals surface area (Å²) in [5, 5.41) is 16.2. The molecule has 128 valence electrons. The van der Waals surface area contributed by atoms with E-state index in [1.54, 1.807) is 0 Å². The van der Waals surface area contributed by atoms with Crippen molar-refractivity contribution in [1.82, 2.24) is 10.6 Å². The van der Waals surface area contributed by atoms with Gasteiger partial charge in [0, 0.05) is 0 Å². The number of aliphatic hydroxyl groups is 1. The molecule has 0 rings (SSSR count). The molecule has 0 aliphatic heterocycles. The van der Waals surface area contributed by atoms with Crippen LogP contribution in [0, 0.1) is 0 Å². The van der Waals surface area contributed by atoms with Crippen molar-refractivity contribution < 1.29 is 5.11 Å². The van der Waals surface area contributed by atoms with Gasteiger partial charge in [0.05, 0.1) is 12.8 Å². The van der Waals surface area contributed by atoms with Crippen molar-refractivity contribution in [3.63, 3.8) is 0 Å². The topological polar surface area (TPSA) is 44.3 Å². The van der Waals surface area contributed by atoms with Crippen LogP contribution in [-0.2, 0) is 0 Å². The Morgan fingerprint density at radius 1 is 0.619 bits per heavy atom. The van der Waals surface area contributed by atoms with E-state index in [-0.39, 0.29) is 12.8 Å². The van der Waals surface area contributed by atoms with Gasteiger partial charge in [0.1, 0.15) is 0 Å². The van der Waals surface area contributed by atoms with Crippen molar-refractivity contribution in [2.45, 2.75) is 97.1 Å². The Bertz CT molecular complexity index is 170. The first-order chi connectivity index (χ1) is 10.3. The zero-order chi connectivity index (χ0) is 15.6. The van der Waals surface area contributed by atoms with E-state index in [9.17, 15) is 5.11 Å². The summed E-state index contributed by atoms with van der Waals surface area (Å²) >= 11 is 0. The third-order valence-electron chi connectivity index (χ3n) is 4.02. The Morgan fingerprint density at radius 2 is 1.00 bits per heavy atom. The van der Waals surface area contributed by atoms with E-state index in [0.717, 1.165) is 13.1 Å². The van der Waals surface area contributed by atoms with Crippen LogP contribution in [0.2, 0.25) is 0 Å². The minimum atomic E-state index is 0.0799. The predicted molar refractivity (Wildman–Crippen MR) is 93.6 cm³/mol. The van der Waals surface area contributed by atoms with Gasteiger partial charge in [-0.15, -0.1) is 0 Å². The van der Waals surface area contributed by atoms with E-state index in [1.807, 2.05) is 0 Å². The zero-order valence-corrected chi connectivity index (χ0v) is 14.6. The number of nitrogens with one attached hydrogen (secondary N) is 2. The van der Waals surface area contributed by atoms with Gasteiger partial charge in [0.15, 0.2) is 0 Å². The molecule has 0 spiro atoms. The Balaban J connectivity index is 3.29. The fourth-order valence-electron chi connectivity index (χ4n) is 2.56. The first-order valence-electron chi connectivity index (χ1n) is 9.42. The second-order valence-corrected chi connectivity index (χ2v) is 6.18. The van der Waals surface area contributed by atoms with Crippen LogP contribution in [0.1, 0.15) is 90.9 Å². The lowest BCUT2D eigenvalue weighted by atomic mass is 10.1. The molecule has 3 nitrogen and oxygen atoms in total. The van der Waals surface area contributed by atoms with Crippen molar-refractivity contribution in [3.05, 3.63) is 0 Å². The summed E-state index contributed by atoms with van der Waals surface area (Å²) in [7, 11) is 0. The standard InChI is InChI=1S/C18H40N2O/c1-3-5-7-9-11-13-15-19-18(17-21)20-16-14-12-10-8-6-4-2/h18-21H,3-17H2,1-2H3. The van der Waals surface area contributed by atoms with E-state index < -0.39 is 0 Å². The normalized spacial score (nSPS) is 11.4. The molecule has 0 aromatic carbocycles. The highest BCUT2D eigenvalue weighted by Gasteiger charge is 2.04. The number of hydrogen-bond acceptors (Lipinski definition) is 3. The first kappa shape index (κ1) is 20.9. The van der Waals surface area contributed by atoms with Crippen molar-refractivity contribution in [1.29, 1.82) is 0 Å². The fourth-order valence-corrected chi connectivity index (χ4v) is 2.56. The third kappa shape index (κ3) is 16.1. The maximum atomic E-state index is 9.35. The van der Waals surface area contributed by atoms with Crippen LogP contribution in [0.25, 0.3) is 0 Å². The molecule has 3 heteroatoms. The summed E-state index contributed by atoms with van der Waals surface area (Å²) < 4.78 is 0. The van der Waals surface area contributed by atoms with Gasteiger partial charge >= 0.3 is 0 Å². The molecule has 21 heavy (non-hydrogen) atoms. The highest BCUT2D eigenvalue weighted by Crippen LogP contribution is 2.05. The molecule has 0 aliphatic rings. The van der Waals surface area contributed by atoms with Gasteiger partial charge in [-0.2, -0.15) is 0 Å². The summed E-state index contributed by atoms with van der Waals surface area (Å²) in [5.41, 5.74) is 0. The number of aliphatic hydroxyl groups excluding tert-OH is 1. The number of unbranched alkanes of at least 4 members (excludes halogenated alkanes) is 10. The van der Waals surface area contributed by atoms with E-state index in [2.05, 4.69) is 24.5 Å². The molecule has 0 unspecified atom stereocenters. The van der Waals surface area contributed by atoms with Gasteiger partial charge in [-0.05, 0) is 25.9 Å². The molecule has 3 N–H and O–H groups in total. The highest BCUT2D eigenvalue weighted by molar-refractivity contribution is 4.63. The van der Waals surface area contributed by atoms with Crippen molar-refractivity contribution >= 4 is 0 Å². The van der Waals surface area contributed by atoms with Crippen LogP contribution in [0.3, 0.4) is 0 Å². The molecule has 0 aliphatic carbocycles. The average Bonchev–Trinajstić information content (AvgIpc) is 2.51. The van der Waals surface area contributed by atoms with Crippen LogP contribution in [0.4, 0.5) is 0 Å². The van der Waals surface area contributed by atoms with Gasteiger partial charge in [-0.25, -0.2) is 0 Å². The zero-order valence-electron chi connectivity index (χ0n) is 14.6. The van der Waals surface area contributed by atoms with E-state index in [0.29, 0.717) is 0 Å². The second kappa shape index (κ2) is 17.9. The Labute approximate surface area is 133 Å². The fraction of sp³-hybridized carbons (Fsp3) is 1.00. The number of rotatable bonds is 17. The molecule has 0 heterocycles. The molecule has 0 bridgehead atoms. The van der Waals surface area contributed by atoms with Crippen LogP contribution < -0.4 is 10.6 Å². The molecule has 0 radical (unpaired) electrons. The van der Waals surface area contributed by atoms with Crippen LogP contribution in [0.5, 0.6) is 0 Å². The van der Waals surface area contributed by atoms with Crippen molar-refractivity contribution in [2.75, 3.05) is 19.7 Å². The number of hydrogen-bond donors (Lipinski definition) is 3. The second-order valence-electron chi connectivity index (χ2n) is 6.18. The Morgan fingerprint density at radius 3 is 1.38 bits per heavy atom. The third-order valence-corrected chi connectivity index (χ3v) is 4.02. The summed E-state index contributed by atoms with van der Waals surface area (Å²) in [4.78, 5) is 0. The Hall–Kier alpha value is -0.120. The lowest BCUT2D eigenvalue weighted by molar-refractivity contribution is 0.218. The monoisotopic (exact) mass is 300 g/mol. The highest BCUT2D eigenvalue weighted by atomic mass is 16.3. The first-order valence-corrected chi connectivity index (χ1v) is 9.42. The van der Waals surface area contributed by atoms with Crippen molar-refractivity contribution in [3.8, 4) is 0 Å². The van der Waals surface area contributed by atoms with E-state index in [1.165, 1.54) is 77.0 Å². The lowest BCUT2D eigenvalue weighted by Gasteiger charge is -2.18. The molecular formula is C18H40N2O. The molecule has 0 aromatic heterocycles. The quantitative estimate of drug-likeness (QED) is 0.278. The summed E-state index contributed by atoms with van der Waals surface area (Å²) in [6.07, 6.45) is 15.9. The van der Waals surface area contributed by atoms with Gasteiger partial charge in [0.2, 0.25) is 0 Å². The summed E-state index contributed by atoms with van der Waals surface area (Å²) in [6, 6.07) is 0. The minimum absolute atomic E-state index is 0.0799. The van der Waals surface area contributed by atoms with Crippen LogP contribution in [0.15, 0.2) is 0 Å². The van der Waals surface area contributed by atoms with Gasteiger partial charge in [-0.1, -0.05) is 78.1 Å². The Kier molecular flexibility index (Phi) is 17.8. The molecule has 0 saturated heterocycles. The molecule has 0 amide bonds. The lowest BCUT2D eigenvalue weighted by Crippen LogP contribution is -2.45. The maximum absolute atomic E-state index is 9.35. The summed E-state index contributed by atoms with van der Waals surface area (Å²) in [6.45, 7) is 6.72. The minimum Gasteiger partial charge on any atom is -0.393 e. The summed E-state index contributed by atoms with van der Waals surface area (Å²) in [5.74, 6) is 0. The largest absolute Gasteiger partial charge is 0.393 e. The van der Waals surface area contributed by atoms with E-state index >= 15 is 0 Å². The SMILES string of the molecule is CCCCCCCCNC(CO)NCCCCCCCC. The van der Waals surface area contributed by atoms with Gasteiger partial charge in [0.25, 0.3) is 0 Å². The van der Waals surface area contributed by atoms with Crippen molar-refractivity contribution in [2.24, 2.45) is 0 Å². The molecule has 0 saturated carbocycles.